The summed E-state index contributed by atoms with van der Waals surface area (Å²) >= 11 is 0. The molecule has 0 aliphatic carbocycles. The van der Waals surface area contributed by atoms with Gasteiger partial charge in [0.05, 0.1) is 12.8 Å². The van der Waals surface area contributed by atoms with E-state index in [1.54, 1.807) is 43.5 Å². The Kier molecular flexibility index (Phi) is 3.72. The van der Waals surface area contributed by atoms with Crippen LogP contribution in [0.15, 0.2) is 57.9 Å². The zero-order valence-electron chi connectivity index (χ0n) is 12.3. The van der Waals surface area contributed by atoms with Gasteiger partial charge in [0.25, 0.3) is 5.91 Å². The highest BCUT2D eigenvalue weighted by atomic mass is 16.5. The number of phenolic OH excluding ortho intramolecular Hbond substituents is 1. The highest BCUT2D eigenvalue weighted by Gasteiger charge is 2.10. The number of aromatic hydroxyl groups is 1. The molecule has 1 amide bonds. The Bertz CT molecular complexity index is 943. The first-order chi connectivity index (χ1) is 11.1. The standard InChI is InChI=1S/C17H14N2O4/c1-22-13-6-7-15-10(8-13)9-14(16(18)21)17(23-15)19-11-2-4-12(20)5-3-11/h2-9,20H,1H3,(H2,18,21). The van der Waals surface area contributed by atoms with E-state index in [4.69, 9.17) is 14.9 Å². The van der Waals surface area contributed by atoms with Gasteiger partial charge in [-0.3, -0.25) is 4.79 Å². The number of primary amides is 1. The number of ether oxygens (including phenoxy) is 1. The number of carbonyl (C=O) groups excluding carboxylic acids is 1. The van der Waals surface area contributed by atoms with Crippen molar-refractivity contribution >= 4 is 22.6 Å². The van der Waals surface area contributed by atoms with E-state index in [0.29, 0.717) is 22.4 Å². The van der Waals surface area contributed by atoms with Crippen molar-refractivity contribution in [3.63, 3.8) is 0 Å². The highest BCUT2D eigenvalue weighted by molar-refractivity contribution is 5.95. The lowest BCUT2D eigenvalue weighted by Crippen LogP contribution is -2.21. The number of nitrogens with zero attached hydrogens (tertiary/aromatic N) is 1. The van der Waals surface area contributed by atoms with Crippen LogP contribution < -0.4 is 16.0 Å². The highest BCUT2D eigenvalue weighted by Crippen LogP contribution is 2.21. The first kappa shape index (κ1) is 14.6. The lowest BCUT2D eigenvalue weighted by atomic mass is 10.1. The number of methoxy groups -OCH3 is 1. The molecule has 3 N–H and O–H groups in total. The molecule has 23 heavy (non-hydrogen) atoms. The van der Waals surface area contributed by atoms with Gasteiger partial charge in [-0.2, -0.15) is 0 Å². The number of hydrogen-bond acceptors (Lipinski definition) is 5. The summed E-state index contributed by atoms with van der Waals surface area (Å²) < 4.78 is 10.9. The first-order valence-corrected chi connectivity index (χ1v) is 6.82. The Morgan fingerprint density at radius 1 is 1.17 bits per heavy atom. The number of carbonyl (C=O) groups is 1. The molecule has 1 heterocycles. The molecule has 0 saturated carbocycles. The first-order valence-electron chi connectivity index (χ1n) is 6.82. The monoisotopic (exact) mass is 310 g/mol. The van der Waals surface area contributed by atoms with E-state index >= 15 is 0 Å². The maximum Gasteiger partial charge on any atom is 0.254 e. The average Bonchev–Trinajstić information content (AvgIpc) is 2.55. The van der Waals surface area contributed by atoms with Crippen LogP contribution in [0, 0.1) is 0 Å². The normalized spacial score (nSPS) is 11.6. The number of nitrogens with two attached hydrogens (primary N) is 1. The number of rotatable bonds is 3. The van der Waals surface area contributed by atoms with Crippen LogP contribution in [0.4, 0.5) is 5.69 Å². The summed E-state index contributed by atoms with van der Waals surface area (Å²) in [7, 11) is 1.56. The summed E-state index contributed by atoms with van der Waals surface area (Å²) in [4.78, 5) is 16.0. The molecule has 0 bridgehead atoms. The van der Waals surface area contributed by atoms with Crippen LogP contribution in [-0.4, -0.2) is 18.1 Å². The van der Waals surface area contributed by atoms with E-state index in [1.807, 2.05) is 0 Å². The zero-order chi connectivity index (χ0) is 16.4. The summed E-state index contributed by atoms with van der Waals surface area (Å²) in [6, 6.07) is 13.0. The Morgan fingerprint density at radius 3 is 2.57 bits per heavy atom. The van der Waals surface area contributed by atoms with Gasteiger partial charge in [-0.05, 0) is 48.5 Å². The van der Waals surface area contributed by atoms with Crippen LogP contribution in [0.3, 0.4) is 0 Å². The Balaban J connectivity index is 2.24. The third-order valence-corrected chi connectivity index (χ3v) is 3.30. The van der Waals surface area contributed by atoms with Crippen molar-refractivity contribution in [2.24, 2.45) is 10.7 Å². The fourth-order valence-electron chi connectivity index (χ4n) is 2.14. The Morgan fingerprint density at radius 2 is 1.91 bits per heavy atom. The van der Waals surface area contributed by atoms with Gasteiger partial charge in [0.15, 0.2) is 0 Å². The SMILES string of the molecule is COc1ccc2oc(=Nc3ccc(O)cc3)c(C(N)=O)cc2c1. The predicted molar refractivity (Wildman–Crippen MR) is 84.6 cm³/mol. The molecule has 1 aromatic heterocycles. The minimum atomic E-state index is -0.643. The molecule has 3 rings (SSSR count). The van der Waals surface area contributed by atoms with Gasteiger partial charge < -0.3 is 20.0 Å². The topological polar surface area (TPSA) is 98.1 Å². The van der Waals surface area contributed by atoms with Crippen LogP contribution in [-0.2, 0) is 0 Å². The van der Waals surface area contributed by atoms with E-state index in [1.165, 1.54) is 12.1 Å². The number of hydrogen-bond donors (Lipinski definition) is 2. The van der Waals surface area contributed by atoms with Gasteiger partial charge in [-0.25, -0.2) is 4.99 Å². The van der Waals surface area contributed by atoms with E-state index < -0.39 is 5.91 Å². The molecular formula is C17H14N2O4. The minimum absolute atomic E-state index is 0.112. The van der Waals surface area contributed by atoms with Gasteiger partial charge in [0.1, 0.15) is 22.6 Å². The fourth-order valence-corrected chi connectivity index (χ4v) is 2.14. The number of benzene rings is 2. The summed E-state index contributed by atoms with van der Waals surface area (Å²) in [5.74, 6) is 0.129. The summed E-state index contributed by atoms with van der Waals surface area (Å²) in [5.41, 5.74) is 6.78. The molecule has 116 valence electrons. The molecule has 0 saturated heterocycles. The molecule has 0 fully saturated rings. The largest absolute Gasteiger partial charge is 0.508 e. The van der Waals surface area contributed by atoms with E-state index in [2.05, 4.69) is 4.99 Å². The Hall–Kier alpha value is -3.28. The summed E-state index contributed by atoms with van der Waals surface area (Å²) in [6.45, 7) is 0. The van der Waals surface area contributed by atoms with Gasteiger partial charge in [0.2, 0.25) is 5.55 Å². The molecule has 3 aromatic rings. The lowest BCUT2D eigenvalue weighted by Gasteiger charge is -2.04. The molecule has 6 heteroatoms. The number of amides is 1. The van der Waals surface area contributed by atoms with Crippen LogP contribution >= 0.6 is 0 Å². The second-order valence-corrected chi connectivity index (χ2v) is 4.86. The van der Waals surface area contributed by atoms with Crippen LogP contribution in [0.2, 0.25) is 0 Å². The number of fused-ring (bicyclic) bond motifs is 1. The molecule has 2 aromatic carbocycles. The van der Waals surface area contributed by atoms with Crippen molar-refractivity contribution in [2.45, 2.75) is 0 Å². The van der Waals surface area contributed by atoms with E-state index in [9.17, 15) is 9.90 Å². The summed E-state index contributed by atoms with van der Waals surface area (Å²) in [5, 5.41) is 9.99. The second kappa shape index (κ2) is 5.84. The fraction of sp³-hybridized carbons (Fsp3) is 0.0588. The lowest BCUT2D eigenvalue weighted by molar-refractivity contribution is 0.0996. The van der Waals surface area contributed by atoms with Crippen molar-refractivity contribution in [3.05, 3.63) is 59.6 Å². The van der Waals surface area contributed by atoms with Crippen LogP contribution in [0.5, 0.6) is 11.5 Å². The minimum Gasteiger partial charge on any atom is -0.508 e. The van der Waals surface area contributed by atoms with E-state index in [0.717, 1.165) is 0 Å². The van der Waals surface area contributed by atoms with Crippen molar-refractivity contribution < 1.29 is 19.1 Å². The zero-order valence-corrected chi connectivity index (χ0v) is 12.3. The molecule has 0 spiro atoms. The maximum absolute atomic E-state index is 11.7. The van der Waals surface area contributed by atoms with Crippen molar-refractivity contribution in [2.75, 3.05) is 7.11 Å². The molecule has 0 unspecified atom stereocenters. The molecule has 0 aliphatic heterocycles. The van der Waals surface area contributed by atoms with Crippen molar-refractivity contribution in [1.29, 1.82) is 0 Å². The quantitative estimate of drug-likeness (QED) is 0.776. The van der Waals surface area contributed by atoms with Gasteiger partial charge in [0, 0.05) is 5.39 Å². The van der Waals surface area contributed by atoms with Crippen molar-refractivity contribution in [1.82, 2.24) is 0 Å². The molecule has 6 nitrogen and oxygen atoms in total. The van der Waals surface area contributed by atoms with E-state index in [-0.39, 0.29) is 16.9 Å². The molecule has 0 radical (unpaired) electrons. The average molecular weight is 310 g/mol. The van der Waals surface area contributed by atoms with Crippen LogP contribution in [0.1, 0.15) is 10.4 Å². The van der Waals surface area contributed by atoms with Gasteiger partial charge in [-0.1, -0.05) is 0 Å². The van der Waals surface area contributed by atoms with Gasteiger partial charge in [-0.15, -0.1) is 0 Å². The maximum atomic E-state index is 11.7. The predicted octanol–water partition coefficient (Wildman–Crippen LogP) is 2.48. The summed E-state index contributed by atoms with van der Waals surface area (Å²) in [6.07, 6.45) is 0. The molecule has 0 aliphatic rings. The molecular weight excluding hydrogens is 296 g/mol. The molecule has 0 atom stereocenters. The second-order valence-electron chi connectivity index (χ2n) is 4.86. The third-order valence-electron chi connectivity index (χ3n) is 3.30. The Labute approximate surface area is 131 Å². The smallest absolute Gasteiger partial charge is 0.254 e. The third kappa shape index (κ3) is 3.01. The van der Waals surface area contributed by atoms with Gasteiger partial charge >= 0.3 is 0 Å². The van der Waals surface area contributed by atoms with Crippen molar-refractivity contribution in [3.8, 4) is 11.5 Å². The van der Waals surface area contributed by atoms with Crippen LogP contribution in [0.25, 0.3) is 11.0 Å². The number of phenols is 1.